The van der Waals surface area contributed by atoms with Gasteiger partial charge in [0.05, 0.1) is 12.6 Å². The topological polar surface area (TPSA) is 66.1 Å². The van der Waals surface area contributed by atoms with E-state index in [1.807, 2.05) is 36.4 Å². The van der Waals surface area contributed by atoms with Crippen LogP contribution < -0.4 is 4.74 Å². The van der Waals surface area contributed by atoms with Gasteiger partial charge in [0.1, 0.15) is 30.5 Å². The fourth-order valence-electron chi connectivity index (χ4n) is 3.74. The Bertz CT molecular complexity index is 922. The third-order valence-corrected chi connectivity index (χ3v) is 5.33. The fraction of sp³-hybridized carbons (Fsp3) is 0.333. The number of nitrogens with zero attached hydrogens (tertiary/aromatic N) is 1. The lowest BCUT2D eigenvalue weighted by Gasteiger charge is -2.18. The zero-order valence-corrected chi connectivity index (χ0v) is 16.5. The molecule has 0 aliphatic carbocycles. The van der Waals surface area contributed by atoms with Crippen LogP contribution in [0, 0.1) is 0 Å². The van der Waals surface area contributed by atoms with Crippen LogP contribution >= 0.6 is 0 Å². The SMILES string of the molecule is OCc1ccc(CN2CCOc3ccc(C(O)CCc4ccccc4)cc3C2)o1. The maximum absolute atomic E-state index is 10.7. The summed E-state index contributed by atoms with van der Waals surface area (Å²) in [7, 11) is 0. The summed E-state index contributed by atoms with van der Waals surface area (Å²) in [6.07, 6.45) is 1.02. The number of aryl methyl sites for hydroxylation is 1. The van der Waals surface area contributed by atoms with Crippen LogP contribution in [0.4, 0.5) is 0 Å². The van der Waals surface area contributed by atoms with Crippen molar-refractivity contribution in [2.45, 2.75) is 38.6 Å². The van der Waals surface area contributed by atoms with Crippen LogP contribution in [0.3, 0.4) is 0 Å². The summed E-state index contributed by atoms with van der Waals surface area (Å²) < 4.78 is 11.5. The Morgan fingerprint density at radius 1 is 1.00 bits per heavy atom. The second-order valence-electron chi connectivity index (χ2n) is 7.49. The molecular weight excluding hydrogens is 366 g/mol. The fourth-order valence-corrected chi connectivity index (χ4v) is 3.74. The van der Waals surface area contributed by atoms with Crippen LogP contribution in [-0.2, 0) is 26.1 Å². The standard InChI is InChI=1S/C24H27NO4/c26-17-22-9-8-21(29-22)16-25-12-13-28-24-11-7-19(14-20(24)15-25)23(27)10-6-18-4-2-1-3-5-18/h1-5,7-9,11,14,23,26-27H,6,10,12-13,15-17H2. The van der Waals surface area contributed by atoms with Crippen molar-refractivity contribution in [3.8, 4) is 5.75 Å². The molecule has 0 amide bonds. The Labute approximate surface area is 171 Å². The van der Waals surface area contributed by atoms with Gasteiger partial charge in [-0.2, -0.15) is 0 Å². The lowest BCUT2D eigenvalue weighted by molar-refractivity contribution is 0.167. The van der Waals surface area contributed by atoms with Gasteiger partial charge in [0, 0.05) is 18.7 Å². The Balaban J connectivity index is 1.43. The molecule has 1 unspecified atom stereocenters. The maximum Gasteiger partial charge on any atom is 0.129 e. The molecule has 0 bridgehead atoms. The van der Waals surface area contributed by atoms with E-state index in [4.69, 9.17) is 9.15 Å². The normalized spacial score (nSPS) is 15.4. The molecule has 0 fully saturated rings. The molecule has 4 rings (SSSR count). The molecule has 5 heteroatoms. The number of hydrogen-bond donors (Lipinski definition) is 2. The van der Waals surface area contributed by atoms with Crippen molar-refractivity contribution in [1.82, 2.24) is 4.90 Å². The van der Waals surface area contributed by atoms with Gasteiger partial charge in [-0.25, -0.2) is 0 Å². The summed E-state index contributed by atoms with van der Waals surface area (Å²) in [6.45, 7) is 2.69. The van der Waals surface area contributed by atoms with Crippen molar-refractivity contribution >= 4 is 0 Å². The predicted molar refractivity (Wildman–Crippen MR) is 110 cm³/mol. The molecule has 0 radical (unpaired) electrons. The molecule has 152 valence electrons. The minimum absolute atomic E-state index is 0.0871. The molecule has 29 heavy (non-hydrogen) atoms. The van der Waals surface area contributed by atoms with Crippen LogP contribution in [-0.4, -0.2) is 28.3 Å². The van der Waals surface area contributed by atoms with Crippen LogP contribution in [0.5, 0.6) is 5.75 Å². The third kappa shape index (κ3) is 5.07. The van der Waals surface area contributed by atoms with Gasteiger partial charge in [-0.05, 0) is 48.2 Å². The van der Waals surface area contributed by atoms with Crippen molar-refractivity contribution in [1.29, 1.82) is 0 Å². The lowest BCUT2D eigenvalue weighted by atomic mass is 9.99. The molecule has 0 saturated carbocycles. The Kier molecular flexibility index (Phi) is 6.30. The highest BCUT2D eigenvalue weighted by atomic mass is 16.5. The second kappa shape index (κ2) is 9.27. The Hall–Kier alpha value is -2.60. The minimum Gasteiger partial charge on any atom is -0.492 e. The number of ether oxygens (including phenoxy) is 1. The Morgan fingerprint density at radius 2 is 1.83 bits per heavy atom. The van der Waals surface area contributed by atoms with Crippen molar-refractivity contribution in [2.75, 3.05) is 13.2 Å². The smallest absolute Gasteiger partial charge is 0.129 e. The highest BCUT2D eigenvalue weighted by Crippen LogP contribution is 2.29. The molecule has 3 aromatic rings. The molecule has 0 spiro atoms. The molecule has 2 aromatic carbocycles. The lowest BCUT2D eigenvalue weighted by Crippen LogP contribution is -2.25. The summed E-state index contributed by atoms with van der Waals surface area (Å²) in [6, 6.07) is 19.9. The van der Waals surface area contributed by atoms with E-state index in [0.717, 1.165) is 42.1 Å². The first-order valence-corrected chi connectivity index (χ1v) is 10.1. The summed E-state index contributed by atoms with van der Waals surface area (Å²) in [4.78, 5) is 2.26. The highest BCUT2D eigenvalue weighted by Gasteiger charge is 2.19. The van der Waals surface area contributed by atoms with Crippen molar-refractivity contribution in [2.24, 2.45) is 0 Å². The van der Waals surface area contributed by atoms with Gasteiger partial charge >= 0.3 is 0 Å². The largest absolute Gasteiger partial charge is 0.492 e. The van der Waals surface area contributed by atoms with Gasteiger partial charge in [0.15, 0.2) is 0 Å². The van der Waals surface area contributed by atoms with Gasteiger partial charge in [0.2, 0.25) is 0 Å². The number of furan rings is 1. The van der Waals surface area contributed by atoms with E-state index in [1.54, 1.807) is 6.07 Å². The van der Waals surface area contributed by atoms with Crippen LogP contribution in [0.25, 0.3) is 0 Å². The number of rotatable bonds is 7. The predicted octanol–water partition coefficient (Wildman–Crippen LogP) is 3.83. The molecular formula is C24H27NO4. The summed E-state index contributed by atoms with van der Waals surface area (Å²) in [5.41, 5.74) is 3.23. The summed E-state index contributed by atoms with van der Waals surface area (Å²) in [5.74, 6) is 2.29. The van der Waals surface area contributed by atoms with Crippen molar-refractivity contribution in [3.05, 3.63) is 88.9 Å². The first-order valence-electron chi connectivity index (χ1n) is 10.1. The second-order valence-corrected chi connectivity index (χ2v) is 7.49. The number of benzene rings is 2. The first kappa shape index (κ1) is 19.7. The van der Waals surface area contributed by atoms with Crippen LogP contribution in [0.15, 0.2) is 65.1 Å². The zero-order valence-electron chi connectivity index (χ0n) is 16.5. The number of aliphatic hydroxyl groups excluding tert-OH is 2. The molecule has 1 atom stereocenters. The summed E-state index contributed by atoms with van der Waals surface area (Å²) in [5, 5.41) is 19.9. The average Bonchev–Trinajstić information content (AvgIpc) is 3.11. The number of fused-ring (bicyclic) bond motifs is 1. The first-order chi connectivity index (χ1) is 14.2. The third-order valence-electron chi connectivity index (χ3n) is 5.33. The zero-order chi connectivity index (χ0) is 20.1. The maximum atomic E-state index is 10.7. The number of hydrogen-bond acceptors (Lipinski definition) is 5. The molecule has 1 aromatic heterocycles. The monoisotopic (exact) mass is 393 g/mol. The van der Waals surface area contributed by atoms with Crippen molar-refractivity contribution < 1.29 is 19.4 Å². The van der Waals surface area contributed by atoms with E-state index < -0.39 is 6.10 Å². The summed E-state index contributed by atoms with van der Waals surface area (Å²) >= 11 is 0. The van der Waals surface area contributed by atoms with Gasteiger partial charge in [-0.15, -0.1) is 0 Å². The number of aliphatic hydroxyl groups is 2. The van der Waals surface area contributed by atoms with Gasteiger partial charge in [-0.3, -0.25) is 4.90 Å². The molecule has 1 aliphatic rings. The highest BCUT2D eigenvalue weighted by molar-refractivity contribution is 5.38. The van der Waals surface area contributed by atoms with E-state index in [0.29, 0.717) is 25.3 Å². The molecule has 2 heterocycles. The van der Waals surface area contributed by atoms with E-state index in [2.05, 4.69) is 23.1 Å². The van der Waals surface area contributed by atoms with Crippen LogP contribution in [0.1, 0.15) is 40.7 Å². The molecule has 1 aliphatic heterocycles. The van der Waals surface area contributed by atoms with E-state index in [9.17, 15) is 10.2 Å². The van der Waals surface area contributed by atoms with Gasteiger partial charge in [0.25, 0.3) is 0 Å². The van der Waals surface area contributed by atoms with Gasteiger partial charge < -0.3 is 19.4 Å². The van der Waals surface area contributed by atoms with E-state index in [1.165, 1.54) is 5.56 Å². The average molecular weight is 393 g/mol. The molecule has 0 saturated heterocycles. The van der Waals surface area contributed by atoms with Crippen molar-refractivity contribution in [3.63, 3.8) is 0 Å². The quantitative estimate of drug-likeness (QED) is 0.639. The minimum atomic E-state index is -0.505. The molecule has 5 nitrogen and oxygen atoms in total. The Morgan fingerprint density at radius 3 is 2.62 bits per heavy atom. The van der Waals surface area contributed by atoms with E-state index in [-0.39, 0.29) is 6.61 Å². The van der Waals surface area contributed by atoms with Crippen LogP contribution in [0.2, 0.25) is 0 Å². The van der Waals surface area contributed by atoms with Gasteiger partial charge in [-0.1, -0.05) is 36.4 Å². The van der Waals surface area contributed by atoms with E-state index >= 15 is 0 Å². The molecule has 2 N–H and O–H groups in total.